The third-order valence-corrected chi connectivity index (χ3v) is 12.1. The predicted octanol–water partition coefficient (Wildman–Crippen LogP) is 2.89. The molecule has 0 fully saturated rings. The zero-order valence-corrected chi connectivity index (χ0v) is 18.0. The fourth-order valence-electron chi connectivity index (χ4n) is 2.02. The van der Waals surface area contributed by atoms with E-state index in [9.17, 15) is 0 Å². The van der Waals surface area contributed by atoms with Gasteiger partial charge in [-0.1, -0.05) is 5.70 Å². The fraction of sp³-hybridized carbons (Fsp3) is 0.846. The molecule has 0 spiro atoms. The minimum absolute atomic E-state index is 0.0527. The SMILES string of the molecule is C=C[Si](C)(C)OC(C)[Si](C)(C)OC(C)[Si](OC)(OC)OC. The lowest BCUT2D eigenvalue weighted by Crippen LogP contribution is -2.60. The highest BCUT2D eigenvalue weighted by atomic mass is 28.4. The molecule has 0 radical (unpaired) electrons. The molecule has 8 heteroatoms. The summed E-state index contributed by atoms with van der Waals surface area (Å²) in [6, 6.07) is 0. The minimum atomic E-state index is -2.80. The Morgan fingerprint density at radius 1 is 0.810 bits per heavy atom. The maximum Gasteiger partial charge on any atom is 0.528 e. The van der Waals surface area contributed by atoms with Crippen molar-refractivity contribution < 1.29 is 22.1 Å². The van der Waals surface area contributed by atoms with E-state index in [0.29, 0.717) is 0 Å². The van der Waals surface area contributed by atoms with Crippen LogP contribution in [-0.2, 0) is 22.1 Å². The number of rotatable bonds is 10. The first kappa shape index (κ1) is 21.2. The molecule has 21 heavy (non-hydrogen) atoms. The molecule has 0 aliphatic heterocycles. The fourth-order valence-corrected chi connectivity index (χ4v) is 9.16. The van der Waals surface area contributed by atoms with Gasteiger partial charge in [-0.15, -0.1) is 6.58 Å². The molecule has 0 aliphatic carbocycles. The van der Waals surface area contributed by atoms with Crippen LogP contribution in [0.1, 0.15) is 13.8 Å². The number of hydrogen-bond acceptors (Lipinski definition) is 5. The Morgan fingerprint density at radius 3 is 1.57 bits per heavy atom. The van der Waals surface area contributed by atoms with E-state index >= 15 is 0 Å². The Kier molecular flexibility index (Phi) is 8.23. The first-order valence-corrected chi connectivity index (χ1v) is 14.9. The lowest BCUT2D eigenvalue weighted by Gasteiger charge is -2.39. The molecule has 0 aromatic heterocycles. The third kappa shape index (κ3) is 5.72. The highest BCUT2D eigenvalue weighted by Gasteiger charge is 2.49. The van der Waals surface area contributed by atoms with Crippen molar-refractivity contribution >= 4 is 25.4 Å². The molecule has 0 amide bonds. The molecular weight excluding hydrogens is 320 g/mol. The van der Waals surface area contributed by atoms with Crippen molar-refractivity contribution in [2.24, 2.45) is 0 Å². The van der Waals surface area contributed by atoms with Crippen LogP contribution >= 0.6 is 0 Å². The third-order valence-electron chi connectivity index (χ3n) is 3.78. The van der Waals surface area contributed by atoms with Gasteiger partial charge in [0.2, 0.25) is 16.6 Å². The van der Waals surface area contributed by atoms with Crippen LogP contribution < -0.4 is 0 Å². The molecule has 0 heterocycles. The summed E-state index contributed by atoms with van der Waals surface area (Å²) < 4.78 is 29.0. The van der Waals surface area contributed by atoms with Crippen LogP contribution in [0.15, 0.2) is 12.3 Å². The topological polar surface area (TPSA) is 46.2 Å². The molecule has 0 aliphatic rings. The van der Waals surface area contributed by atoms with Gasteiger partial charge in [0.05, 0.1) is 5.73 Å². The average Bonchev–Trinajstić information content (AvgIpc) is 2.40. The first-order valence-electron chi connectivity index (χ1n) is 7.15. The lowest BCUT2D eigenvalue weighted by molar-refractivity contribution is 0.0665. The van der Waals surface area contributed by atoms with E-state index in [4.69, 9.17) is 22.1 Å². The van der Waals surface area contributed by atoms with Gasteiger partial charge < -0.3 is 22.1 Å². The highest BCUT2D eigenvalue weighted by Crippen LogP contribution is 2.24. The van der Waals surface area contributed by atoms with Crippen molar-refractivity contribution in [2.45, 2.75) is 51.5 Å². The maximum absolute atomic E-state index is 6.32. The molecule has 2 unspecified atom stereocenters. The van der Waals surface area contributed by atoms with Gasteiger partial charge in [-0.25, -0.2) is 0 Å². The average molecular weight is 353 g/mol. The standard InChI is InChI=1S/C13H32O5Si3/c1-11-19(7,8)17-12(2)20(9,10)18-13(3)21(14-4,15-5)16-6/h11-13H,1H2,2-10H3. The normalized spacial score (nSPS) is 16.6. The first-order chi connectivity index (χ1) is 9.50. The molecule has 126 valence electrons. The van der Waals surface area contributed by atoms with Crippen LogP contribution in [0.25, 0.3) is 0 Å². The van der Waals surface area contributed by atoms with Crippen molar-refractivity contribution in [3.63, 3.8) is 0 Å². The molecule has 2 atom stereocenters. The second-order valence-electron chi connectivity index (χ2n) is 6.15. The van der Waals surface area contributed by atoms with Crippen molar-refractivity contribution in [1.82, 2.24) is 0 Å². The molecule has 0 bridgehead atoms. The predicted molar refractivity (Wildman–Crippen MR) is 93.0 cm³/mol. The van der Waals surface area contributed by atoms with Crippen LogP contribution in [-0.4, -0.2) is 58.2 Å². The van der Waals surface area contributed by atoms with Crippen LogP contribution in [0, 0.1) is 0 Å². The van der Waals surface area contributed by atoms with Gasteiger partial charge in [-0.05, 0) is 40.0 Å². The summed E-state index contributed by atoms with van der Waals surface area (Å²) in [4.78, 5) is 0. The Hall–Kier alpha value is 0.191. The second kappa shape index (κ2) is 8.16. The van der Waals surface area contributed by atoms with Gasteiger partial charge in [0, 0.05) is 21.3 Å². The Bertz CT molecular complexity index is 324. The summed E-state index contributed by atoms with van der Waals surface area (Å²) in [6.45, 7) is 16.4. The zero-order valence-electron chi connectivity index (χ0n) is 15.0. The van der Waals surface area contributed by atoms with E-state index in [1.165, 1.54) is 0 Å². The van der Waals surface area contributed by atoms with Gasteiger partial charge in [0.1, 0.15) is 5.73 Å². The van der Waals surface area contributed by atoms with Gasteiger partial charge in [0.25, 0.3) is 0 Å². The van der Waals surface area contributed by atoms with E-state index in [-0.39, 0.29) is 11.5 Å². The molecule has 0 saturated heterocycles. The molecular formula is C13H32O5Si3. The van der Waals surface area contributed by atoms with E-state index in [2.05, 4.69) is 39.7 Å². The lowest BCUT2D eigenvalue weighted by atomic mass is 10.9. The summed E-state index contributed by atoms with van der Waals surface area (Å²) >= 11 is 0. The van der Waals surface area contributed by atoms with Crippen LogP contribution in [0.3, 0.4) is 0 Å². The molecule has 0 N–H and O–H groups in total. The molecule has 5 nitrogen and oxygen atoms in total. The largest absolute Gasteiger partial charge is 0.528 e. The Labute approximate surface area is 133 Å². The smallest absolute Gasteiger partial charge is 0.411 e. The minimum Gasteiger partial charge on any atom is -0.411 e. The van der Waals surface area contributed by atoms with Gasteiger partial charge in [0.15, 0.2) is 0 Å². The monoisotopic (exact) mass is 352 g/mol. The zero-order chi connectivity index (χ0) is 16.9. The second-order valence-corrected chi connectivity index (χ2v) is 17.5. The van der Waals surface area contributed by atoms with Crippen molar-refractivity contribution in [3.8, 4) is 0 Å². The van der Waals surface area contributed by atoms with E-state index < -0.39 is 25.4 Å². The van der Waals surface area contributed by atoms with E-state index in [1.807, 2.05) is 12.6 Å². The molecule has 0 aromatic rings. The maximum atomic E-state index is 6.32. The van der Waals surface area contributed by atoms with Crippen LogP contribution in [0.4, 0.5) is 0 Å². The van der Waals surface area contributed by atoms with Gasteiger partial charge in [-0.2, -0.15) is 0 Å². The molecule has 0 aromatic carbocycles. The van der Waals surface area contributed by atoms with E-state index in [1.54, 1.807) is 21.3 Å². The van der Waals surface area contributed by atoms with E-state index in [0.717, 1.165) is 0 Å². The quantitative estimate of drug-likeness (QED) is 0.566. The Morgan fingerprint density at radius 2 is 1.24 bits per heavy atom. The van der Waals surface area contributed by atoms with Crippen LogP contribution in [0.5, 0.6) is 0 Å². The highest BCUT2D eigenvalue weighted by molar-refractivity contribution is 6.79. The number of hydrogen-bond donors (Lipinski definition) is 0. The summed E-state index contributed by atoms with van der Waals surface area (Å²) in [5, 5.41) is 0. The van der Waals surface area contributed by atoms with Crippen LogP contribution in [0.2, 0.25) is 26.2 Å². The van der Waals surface area contributed by atoms with Crippen molar-refractivity contribution in [3.05, 3.63) is 12.3 Å². The summed E-state index contributed by atoms with van der Waals surface area (Å²) in [7, 11) is -1.93. The summed E-state index contributed by atoms with van der Waals surface area (Å²) in [5.74, 6) is 0. The summed E-state index contributed by atoms with van der Waals surface area (Å²) in [6.07, 6.45) is 0. The van der Waals surface area contributed by atoms with Crippen molar-refractivity contribution in [2.75, 3.05) is 21.3 Å². The van der Waals surface area contributed by atoms with Gasteiger partial charge >= 0.3 is 8.80 Å². The van der Waals surface area contributed by atoms with Crippen molar-refractivity contribution in [1.29, 1.82) is 0 Å². The molecule has 0 rings (SSSR count). The Balaban J connectivity index is 4.97. The van der Waals surface area contributed by atoms with Gasteiger partial charge in [-0.3, -0.25) is 0 Å². The molecule has 0 saturated carbocycles. The summed E-state index contributed by atoms with van der Waals surface area (Å²) in [5.41, 5.74) is 1.76.